The third-order valence-corrected chi connectivity index (χ3v) is 4.16. The lowest BCUT2D eigenvalue weighted by atomic mass is 10.0. The molecule has 0 aromatic heterocycles. The molecular formula is C19H19NO5. The SMILES string of the molecule is CN(C(=O)[C@H]1COc2ccccc2O1)[C@H](Cc1ccccc1)C(=O)O. The van der Waals surface area contributed by atoms with Crippen LogP contribution in [0.25, 0.3) is 0 Å². The lowest BCUT2D eigenvalue weighted by Gasteiger charge is -2.31. The number of carboxylic acids is 1. The number of carbonyl (C=O) groups excluding carboxylic acids is 1. The average molecular weight is 341 g/mol. The number of rotatable bonds is 5. The Morgan fingerprint density at radius 3 is 2.44 bits per heavy atom. The molecule has 1 aliphatic rings. The third kappa shape index (κ3) is 3.74. The van der Waals surface area contributed by atoms with E-state index in [2.05, 4.69) is 0 Å². The minimum atomic E-state index is -1.06. The monoisotopic (exact) mass is 341 g/mol. The molecule has 25 heavy (non-hydrogen) atoms. The highest BCUT2D eigenvalue weighted by molar-refractivity contribution is 5.87. The molecule has 6 nitrogen and oxygen atoms in total. The predicted molar refractivity (Wildman–Crippen MR) is 90.7 cm³/mol. The van der Waals surface area contributed by atoms with Crippen molar-refractivity contribution in [3.05, 3.63) is 60.2 Å². The summed E-state index contributed by atoms with van der Waals surface area (Å²) in [4.78, 5) is 25.6. The highest BCUT2D eigenvalue weighted by Gasteiger charge is 2.35. The fourth-order valence-electron chi connectivity index (χ4n) is 2.75. The van der Waals surface area contributed by atoms with E-state index in [1.807, 2.05) is 36.4 Å². The van der Waals surface area contributed by atoms with Crippen molar-refractivity contribution in [3.63, 3.8) is 0 Å². The zero-order valence-electron chi connectivity index (χ0n) is 13.8. The second kappa shape index (κ2) is 7.25. The van der Waals surface area contributed by atoms with Gasteiger partial charge in [-0.3, -0.25) is 4.79 Å². The van der Waals surface area contributed by atoms with Gasteiger partial charge in [0.05, 0.1) is 0 Å². The van der Waals surface area contributed by atoms with Crippen molar-refractivity contribution in [1.29, 1.82) is 0 Å². The predicted octanol–water partition coefficient (Wildman–Crippen LogP) is 1.98. The van der Waals surface area contributed by atoms with E-state index in [-0.39, 0.29) is 13.0 Å². The van der Waals surface area contributed by atoms with Crippen LogP contribution in [0.2, 0.25) is 0 Å². The molecule has 3 rings (SSSR count). The standard InChI is InChI=1S/C19H19NO5/c1-20(14(19(22)23)11-13-7-3-2-4-8-13)18(21)17-12-24-15-9-5-6-10-16(15)25-17/h2-10,14,17H,11-12H2,1H3,(H,22,23)/t14-,17-/m1/s1. The van der Waals surface area contributed by atoms with Gasteiger partial charge in [-0.25, -0.2) is 4.79 Å². The second-order valence-electron chi connectivity index (χ2n) is 5.86. The van der Waals surface area contributed by atoms with Crippen LogP contribution >= 0.6 is 0 Å². The minimum absolute atomic E-state index is 0.0534. The maximum atomic E-state index is 12.7. The Balaban J connectivity index is 1.73. The topological polar surface area (TPSA) is 76.1 Å². The summed E-state index contributed by atoms with van der Waals surface area (Å²) in [6.07, 6.45) is -0.639. The largest absolute Gasteiger partial charge is 0.485 e. The summed E-state index contributed by atoms with van der Waals surface area (Å²) in [5.74, 6) is -0.418. The number of hydrogen-bond acceptors (Lipinski definition) is 4. The molecule has 0 saturated carbocycles. The van der Waals surface area contributed by atoms with E-state index in [0.717, 1.165) is 5.56 Å². The fraction of sp³-hybridized carbons (Fsp3) is 0.263. The molecule has 1 amide bonds. The molecule has 0 unspecified atom stereocenters. The van der Waals surface area contributed by atoms with Gasteiger partial charge in [0, 0.05) is 13.5 Å². The van der Waals surface area contributed by atoms with E-state index < -0.39 is 24.0 Å². The maximum Gasteiger partial charge on any atom is 0.326 e. The Morgan fingerprint density at radius 1 is 1.12 bits per heavy atom. The quantitative estimate of drug-likeness (QED) is 0.900. The van der Waals surface area contributed by atoms with Crippen molar-refractivity contribution >= 4 is 11.9 Å². The van der Waals surface area contributed by atoms with Gasteiger partial charge in [0.25, 0.3) is 5.91 Å². The van der Waals surface area contributed by atoms with Gasteiger partial charge in [-0.05, 0) is 17.7 Å². The molecule has 0 spiro atoms. The molecule has 2 aromatic carbocycles. The van der Waals surface area contributed by atoms with Gasteiger partial charge in [0.15, 0.2) is 11.5 Å². The highest BCUT2D eigenvalue weighted by Crippen LogP contribution is 2.31. The van der Waals surface area contributed by atoms with Crippen LogP contribution in [-0.4, -0.2) is 47.7 Å². The molecule has 2 aromatic rings. The number of hydrogen-bond donors (Lipinski definition) is 1. The van der Waals surface area contributed by atoms with Gasteiger partial charge < -0.3 is 19.5 Å². The summed E-state index contributed by atoms with van der Waals surface area (Å²) in [7, 11) is 1.48. The summed E-state index contributed by atoms with van der Waals surface area (Å²) >= 11 is 0. The lowest BCUT2D eigenvalue weighted by molar-refractivity contribution is -0.153. The molecule has 1 N–H and O–H groups in total. The van der Waals surface area contributed by atoms with Crippen LogP contribution in [0.4, 0.5) is 0 Å². The van der Waals surface area contributed by atoms with E-state index in [1.165, 1.54) is 11.9 Å². The smallest absolute Gasteiger partial charge is 0.326 e. The van der Waals surface area contributed by atoms with E-state index in [1.54, 1.807) is 18.2 Å². The maximum absolute atomic E-state index is 12.7. The Kier molecular flexibility index (Phi) is 4.88. The summed E-state index contributed by atoms with van der Waals surface area (Å²) < 4.78 is 11.2. The Labute approximate surface area is 145 Å². The van der Waals surface area contributed by atoms with Crippen LogP contribution in [0.1, 0.15) is 5.56 Å². The molecule has 6 heteroatoms. The molecule has 1 aliphatic heterocycles. The number of likely N-dealkylation sites (N-methyl/N-ethyl adjacent to an activating group) is 1. The molecule has 0 fully saturated rings. The highest BCUT2D eigenvalue weighted by atomic mass is 16.6. The number of amides is 1. The van der Waals surface area contributed by atoms with Gasteiger partial charge in [0.2, 0.25) is 6.10 Å². The number of benzene rings is 2. The van der Waals surface area contributed by atoms with Crippen LogP contribution in [0.3, 0.4) is 0 Å². The van der Waals surface area contributed by atoms with Crippen molar-refractivity contribution in [2.24, 2.45) is 0 Å². The number of carbonyl (C=O) groups is 2. The van der Waals surface area contributed by atoms with Crippen molar-refractivity contribution < 1.29 is 24.2 Å². The van der Waals surface area contributed by atoms with Gasteiger partial charge >= 0.3 is 5.97 Å². The Hall–Kier alpha value is -3.02. The molecule has 130 valence electrons. The van der Waals surface area contributed by atoms with Gasteiger partial charge in [-0.15, -0.1) is 0 Å². The molecule has 2 atom stereocenters. The van der Waals surface area contributed by atoms with E-state index in [0.29, 0.717) is 11.5 Å². The van der Waals surface area contributed by atoms with Gasteiger partial charge in [-0.2, -0.15) is 0 Å². The molecule has 0 radical (unpaired) electrons. The van der Waals surface area contributed by atoms with E-state index in [9.17, 15) is 14.7 Å². The number of para-hydroxylation sites is 2. The first kappa shape index (κ1) is 16.8. The zero-order chi connectivity index (χ0) is 17.8. The number of fused-ring (bicyclic) bond motifs is 1. The van der Waals surface area contributed by atoms with Crippen LogP contribution in [0.15, 0.2) is 54.6 Å². The van der Waals surface area contributed by atoms with Crippen molar-refractivity contribution in [2.45, 2.75) is 18.6 Å². The fourth-order valence-corrected chi connectivity index (χ4v) is 2.75. The number of nitrogens with zero attached hydrogens (tertiary/aromatic N) is 1. The van der Waals surface area contributed by atoms with E-state index >= 15 is 0 Å². The van der Waals surface area contributed by atoms with Gasteiger partial charge in [0.1, 0.15) is 12.6 Å². The Morgan fingerprint density at radius 2 is 1.76 bits per heavy atom. The molecule has 0 aliphatic carbocycles. The second-order valence-corrected chi connectivity index (χ2v) is 5.86. The summed E-state index contributed by atoms with van der Waals surface area (Å²) in [6.45, 7) is 0.0534. The normalized spacial score (nSPS) is 16.8. The molecule has 0 bridgehead atoms. The first-order chi connectivity index (χ1) is 12.1. The first-order valence-electron chi connectivity index (χ1n) is 7.98. The lowest BCUT2D eigenvalue weighted by Crippen LogP contribution is -2.51. The minimum Gasteiger partial charge on any atom is -0.485 e. The van der Waals surface area contributed by atoms with Crippen LogP contribution < -0.4 is 9.47 Å². The van der Waals surface area contributed by atoms with Crippen molar-refractivity contribution in [2.75, 3.05) is 13.7 Å². The molecule has 1 heterocycles. The van der Waals surface area contributed by atoms with E-state index in [4.69, 9.17) is 9.47 Å². The summed E-state index contributed by atoms with van der Waals surface area (Å²) in [5, 5.41) is 9.54. The molecule has 0 saturated heterocycles. The van der Waals surface area contributed by atoms with Crippen molar-refractivity contribution in [1.82, 2.24) is 4.90 Å². The van der Waals surface area contributed by atoms with Crippen LogP contribution in [-0.2, 0) is 16.0 Å². The van der Waals surface area contributed by atoms with Crippen LogP contribution in [0, 0.1) is 0 Å². The number of aliphatic carboxylic acids is 1. The zero-order valence-corrected chi connectivity index (χ0v) is 13.8. The third-order valence-electron chi connectivity index (χ3n) is 4.16. The number of ether oxygens (including phenoxy) is 2. The average Bonchev–Trinajstić information content (AvgIpc) is 2.65. The number of carboxylic acid groups (broad SMARTS) is 1. The van der Waals surface area contributed by atoms with Crippen LogP contribution in [0.5, 0.6) is 11.5 Å². The van der Waals surface area contributed by atoms with Crippen molar-refractivity contribution in [3.8, 4) is 11.5 Å². The Bertz CT molecular complexity index is 761. The summed E-state index contributed by atoms with van der Waals surface area (Å²) in [6, 6.07) is 15.3. The summed E-state index contributed by atoms with van der Waals surface area (Å²) in [5.41, 5.74) is 0.848. The van der Waals surface area contributed by atoms with Gasteiger partial charge in [-0.1, -0.05) is 42.5 Å². The molecular weight excluding hydrogens is 322 g/mol. The first-order valence-corrected chi connectivity index (χ1v) is 7.98.